The van der Waals surface area contributed by atoms with Gasteiger partial charge in [0.2, 0.25) is 0 Å². The van der Waals surface area contributed by atoms with Crippen LogP contribution in [0.2, 0.25) is 0 Å². The third-order valence-electron chi connectivity index (χ3n) is 5.35. The van der Waals surface area contributed by atoms with Gasteiger partial charge in [0.15, 0.2) is 6.10 Å². The number of hydrogen-bond acceptors (Lipinski definition) is 3. The molecule has 0 spiro atoms. The highest BCUT2D eigenvalue weighted by atomic mass is 16.5. The number of aryl methyl sites for hydroxylation is 1. The van der Waals surface area contributed by atoms with Crippen molar-refractivity contribution < 1.29 is 9.53 Å². The predicted octanol–water partition coefficient (Wildman–Crippen LogP) is 4.32. The Bertz CT molecular complexity index is 1110. The molecule has 158 valence electrons. The summed E-state index contributed by atoms with van der Waals surface area (Å²) in [6.45, 7) is 9.66. The lowest BCUT2D eigenvalue weighted by Gasteiger charge is -2.17. The first kappa shape index (κ1) is 21.4. The molecule has 1 heterocycles. The maximum atomic E-state index is 13.0. The summed E-state index contributed by atoms with van der Waals surface area (Å²) in [6.07, 6.45) is -0.754. The van der Waals surface area contributed by atoms with E-state index in [1.807, 2.05) is 49.4 Å². The molecule has 1 N–H and O–H groups in total. The summed E-state index contributed by atoms with van der Waals surface area (Å²) in [6, 6.07) is 15.4. The molecule has 0 aliphatic heterocycles. The molecular formula is C24H29N3O3. The van der Waals surface area contributed by atoms with Gasteiger partial charge in [-0.1, -0.05) is 44.2 Å². The van der Waals surface area contributed by atoms with Crippen LogP contribution in [0.15, 0.2) is 53.3 Å². The number of ether oxygens (including phenoxy) is 1. The molecule has 30 heavy (non-hydrogen) atoms. The van der Waals surface area contributed by atoms with Crippen LogP contribution in [0.3, 0.4) is 0 Å². The smallest absolute Gasteiger partial charge is 0.295 e. The molecule has 1 aromatic heterocycles. The van der Waals surface area contributed by atoms with Gasteiger partial charge < -0.3 is 10.1 Å². The van der Waals surface area contributed by atoms with Crippen molar-refractivity contribution in [3.63, 3.8) is 0 Å². The number of aromatic nitrogens is 2. The second kappa shape index (κ2) is 8.61. The van der Waals surface area contributed by atoms with Crippen molar-refractivity contribution in [3.8, 4) is 11.4 Å². The number of nitrogens with zero attached hydrogens (tertiary/aromatic N) is 2. The van der Waals surface area contributed by atoms with Gasteiger partial charge in [-0.25, -0.2) is 4.68 Å². The van der Waals surface area contributed by atoms with Gasteiger partial charge >= 0.3 is 0 Å². The number of carbonyl (C=O) groups excluding carboxylic acids is 1. The second-order valence-corrected chi connectivity index (χ2v) is 7.87. The van der Waals surface area contributed by atoms with Gasteiger partial charge in [-0.2, -0.15) is 0 Å². The summed E-state index contributed by atoms with van der Waals surface area (Å²) in [5.41, 5.74) is 3.49. The van der Waals surface area contributed by atoms with Crippen molar-refractivity contribution in [3.05, 3.63) is 75.7 Å². The van der Waals surface area contributed by atoms with Crippen LogP contribution in [0.5, 0.6) is 5.75 Å². The highest BCUT2D eigenvalue weighted by molar-refractivity contribution is 5.94. The summed E-state index contributed by atoms with van der Waals surface area (Å²) >= 11 is 0. The topological polar surface area (TPSA) is 65.3 Å². The fraction of sp³-hybridized carbons (Fsp3) is 0.333. The lowest BCUT2D eigenvalue weighted by atomic mass is 10.0. The van der Waals surface area contributed by atoms with Crippen molar-refractivity contribution >= 4 is 11.6 Å². The number of hydrogen-bond donors (Lipinski definition) is 1. The van der Waals surface area contributed by atoms with Crippen LogP contribution >= 0.6 is 0 Å². The van der Waals surface area contributed by atoms with E-state index in [0.29, 0.717) is 17.4 Å². The van der Waals surface area contributed by atoms with Gasteiger partial charge in [0.25, 0.3) is 11.5 Å². The van der Waals surface area contributed by atoms with E-state index in [9.17, 15) is 9.59 Å². The standard InChI is InChI=1S/C24H29N3O3/c1-15(2)19-13-12-16(3)21(14-19)30-18(5)23(28)25-22-17(4)26(6)27(24(22)29)20-10-8-7-9-11-20/h7-15,18H,1-6H3,(H,25,28). The highest BCUT2D eigenvalue weighted by Gasteiger charge is 2.22. The average molecular weight is 408 g/mol. The van der Waals surface area contributed by atoms with E-state index in [2.05, 4.69) is 25.2 Å². The number of carbonyl (C=O) groups is 1. The van der Waals surface area contributed by atoms with Crippen LogP contribution in [0.25, 0.3) is 5.69 Å². The van der Waals surface area contributed by atoms with Crippen LogP contribution in [0.4, 0.5) is 5.69 Å². The Kier molecular flexibility index (Phi) is 6.15. The lowest BCUT2D eigenvalue weighted by Crippen LogP contribution is -2.32. The first-order valence-electron chi connectivity index (χ1n) is 10.1. The van der Waals surface area contributed by atoms with Crippen molar-refractivity contribution in [1.29, 1.82) is 0 Å². The molecule has 3 aromatic rings. The second-order valence-electron chi connectivity index (χ2n) is 7.87. The Balaban J connectivity index is 1.83. The summed E-state index contributed by atoms with van der Waals surface area (Å²) < 4.78 is 9.21. The Morgan fingerprint density at radius 3 is 2.33 bits per heavy atom. The summed E-state index contributed by atoms with van der Waals surface area (Å²) in [7, 11) is 1.79. The van der Waals surface area contributed by atoms with Crippen molar-refractivity contribution in [2.75, 3.05) is 5.32 Å². The number of anilines is 1. The van der Waals surface area contributed by atoms with Crippen molar-refractivity contribution in [2.24, 2.45) is 7.05 Å². The van der Waals surface area contributed by atoms with E-state index in [0.717, 1.165) is 16.8 Å². The van der Waals surface area contributed by atoms with E-state index < -0.39 is 6.10 Å². The van der Waals surface area contributed by atoms with E-state index >= 15 is 0 Å². The largest absolute Gasteiger partial charge is 0.481 e. The van der Waals surface area contributed by atoms with Gasteiger partial charge in [0.05, 0.1) is 11.4 Å². The Hall–Kier alpha value is -3.28. The number of nitrogens with one attached hydrogen (secondary N) is 1. The fourth-order valence-corrected chi connectivity index (χ4v) is 3.28. The molecule has 1 amide bonds. The van der Waals surface area contributed by atoms with Crippen molar-refractivity contribution in [2.45, 2.75) is 46.6 Å². The van der Waals surface area contributed by atoms with Gasteiger partial charge in [0.1, 0.15) is 11.4 Å². The molecule has 0 saturated heterocycles. The number of para-hydroxylation sites is 1. The maximum Gasteiger partial charge on any atom is 0.295 e. The fourth-order valence-electron chi connectivity index (χ4n) is 3.28. The minimum Gasteiger partial charge on any atom is -0.481 e. The third kappa shape index (κ3) is 4.17. The van der Waals surface area contributed by atoms with Crippen LogP contribution in [-0.2, 0) is 11.8 Å². The maximum absolute atomic E-state index is 13.0. The predicted molar refractivity (Wildman–Crippen MR) is 120 cm³/mol. The minimum absolute atomic E-state index is 0.259. The van der Waals surface area contributed by atoms with E-state index in [1.165, 1.54) is 4.68 Å². The summed E-state index contributed by atoms with van der Waals surface area (Å²) in [5.74, 6) is 0.672. The van der Waals surface area contributed by atoms with Crippen LogP contribution in [0, 0.1) is 13.8 Å². The van der Waals surface area contributed by atoms with Gasteiger partial charge in [-0.05, 0) is 56.0 Å². The molecule has 6 heteroatoms. The number of rotatable bonds is 6. The zero-order chi connectivity index (χ0) is 22.0. The van der Waals surface area contributed by atoms with Gasteiger partial charge in [-0.15, -0.1) is 0 Å². The van der Waals surface area contributed by atoms with E-state index in [1.54, 1.807) is 25.6 Å². The Morgan fingerprint density at radius 1 is 1.03 bits per heavy atom. The lowest BCUT2D eigenvalue weighted by molar-refractivity contribution is -0.122. The molecule has 2 aromatic carbocycles. The molecular weight excluding hydrogens is 378 g/mol. The molecule has 3 rings (SSSR count). The zero-order valence-corrected chi connectivity index (χ0v) is 18.4. The quantitative estimate of drug-likeness (QED) is 0.662. The normalized spacial score (nSPS) is 12.1. The number of amides is 1. The van der Waals surface area contributed by atoms with Crippen LogP contribution in [-0.4, -0.2) is 21.4 Å². The third-order valence-corrected chi connectivity index (χ3v) is 5.35. The van der Waals surface area contributed by atoms with Gasteiger partial charge in [0, 0.05) is 7.05 Å². The van der Waals surface area contributed by atoms with Crippen LogP contribution < -0.4 is 15.6 Å². The molecule has 0 aliphatic carbocycles. The molecule has 6 nitrogen and oxygen atoms in total. The Morgan fingerprint density at radius 2 is 1.70 bits per heavy atom. The van der Waals surface area contributed by atoms with E-state index in [4.69, 9.17) is 4.74 Å². The SMILES string of the molecule is Cc1ccc(C(C)C)cc1OC(C)C(=O)Nc1c(C)n(C)n(-c2ccccc2)c1=O. The summed E-state index contributed by atoms with van der Waals surface area (Å²) in [4.78, 5) is 25.8. The van der Waals surface area contributed by atoms with E-state index in [-0.39, 0.29) is 17.2 Å². The molecule has 0 fully saturated rings. The Labute approximate surface area is 177 Å². The zero-order valence-electron chi connectivity index (χ0n) is 18.4. The molecule has 0 bridgehead atoms. The molecule has 1 atom stereocenters. The first-order chi connectivity index (χ1) is 14.2. The minimum atomic E-state index is -0.754. The van der Waals surface area contributed by atoms with Gasteiger partial charge in [-0.3, -0.25) is 14.3 Å². The molecule has 0 saturated carbocycles. The molecule has 1 unspecified atom stereocenters. The highest BCUT2D eigenvalue weighted by Crippen LogP contribution is 2.25. The summed E-state index contributed by atoms with van der Waals surface area (Å²) in [5, 5.41) is 2.77. The monoisotopic (exact) mass is 407 g/mol. The first-order valence-corrected chi connectivity index (χ1v) is 10.1. The van der Waals surface area contributed by atoms with Crippen molar-refractivity contribution in [1.82, 2.24) is 9.36 Å². The molecule has 0 radical (unpaired) electrons. The van der Waals surface area contributed by atoms with Crippen LogP contribution in [0.1, 0.15) is 43.5 Å². The molecule has 0 aliphatic rings. The average Bonchev–Trinajstić information content (AvgIpc) is 2.93. The number of benzene rings is 2.